The molecule has 0 saturated carbocycles. The molecule has 7 nitrogen and oxygen atoms in total. The Kier molecular flexibility index (Phi) is 4.32. The van der Waals surface area contributed by atoms with Crippen LogP contribution in [-0.2, 0) is 21.2 Å². The molecule has 0 unspecified atom stereocenters. The zero-order valence-corrected chi connectivity index (χ0v) is 15.6. The van der Waals surface area contributed by atoms with E-state index in [1.807, 2.05) is 0 Å². The summed E-state index contributed by atoms with van der Waals surface area (Å²) in [6.45, 7) is -0.00772. The lowest BCUT2D eigenvalue weighted by atomic mass is 10.2. The minimum Gasteiger partial charge on any atom is -0.408 e. The predicted octanol–water partition coefficient (Wildman–Crippen LogP) is 1.93. The third kappa shape index (κ3) is 3.15. The zero-order valence-electron chi connectivity index (χ0n) is 14.0. The third-order valence-electron chi connectivity index (χ3n) is 4.65. The second-order valence-electron chi connectivity index (χ2n) is 6.34. The molecule has 3 aromatic rings. The van der Waals surface area contributed by atoms with Gasteiger partial charge in [-0.05, 0) is 36.4 Å². The highest BCUT2D eigenvalue weighted by atomic mass is 35.5. The number of sulfone groups is 1. The number of hydrogen-bond acceptors (Lipinski definition) is 5. The van der Waals surface area contributed by atoms with Crippen molar-refractivity contribution in [1.29, 1.82) is 0 Å². The number of nitrogens with zero attached hydrogens (tertiary/aromatic N) is 2. The molecule has 0 radical (unpaired) electrons. The fourth-order valence-electron chi connectivity index (χ4n) is 3.05. The van der Waals surface area contributed by atoms with Crippen molar-refractivity contribution in [1.82, 2.24) is 9.47 Å². The van der Waals surface area contributed by atoms with E-state index in [-0.39, 0.29) is 30.4 Å². The van der Waals surface area contributed by atoms with Gasteiger partial charge in [0.25, 0.3) is 0 Å². The molecule has 0 N–H and O–H groups in total. The number of oxazole rings is 1. The van der Waals surface area contributed by atoms with Gasteiger partial charge in [-0.3, -0.25) is 9.36 Å². The number of carbonyl (C=O) groups is 1. The maximum Gasteiger partial charge on any atom is 0.420 e. The highest BCUT2D eigenvalue weighted by molar-refractivity contribution is 7.92. The smallest absolute Gasteiger partial charge is 0.408 e. The summed E-state index contributed by atoms with van der Waals surface area (Å²) in [4.78, 5) is 26.0. The predicted molar refractivity (Wildman–Crippen MR) is 99.5 cm³/mol. The van der Waals surface area contributed by atoms with Crippen molar-refractivity contribution in [2.45, 2.75) is 16.7 Å². The molecule has 0 spiro atoms. The van der Waals surface area contributed by atoms with Crippen LogP contribution < -0.4 is 5.76 Å². The highest BCUT2D eigenvalue weighted by Crippen LogP contribution is 2.25. The number of aromatic nitrogens is 1. The molecule has 2 aromatic carbocycles. The Balaban J connectivity index is 1.46. The lowest BCUT2D eigenvalue weighted by Crippen LogP contribution is -2.57. The average molecular weight is 407 g/mol. The minimum absolute atomic E-state index is 0.0916. The molecule has 9 heteroatoms. The summed E-state index contributed by atoms with van der Waals surface area (Å²) in [5.74, 6) is -0.943. The fraction of sp³-hybridized carbons (Fsp3) is 0.222. The van der Waals surface area contributed by atoms with Crippen LogP contribution >= 0.6 is 11.6 Å². The lowest BCUT2D eigenvalue weighted by molar-refractivity contribution is -0.135. The summed E-state index contributed by atoms with van der Waals surface area (Å²) >= 11 is 5.79. The quantitative estimate of drug-likeness (QED) is 0.660. The lowest BCUT2D eigenvalue weighted by Gasteiger charge is -2.38. The van der Waals surface area contributed by atoms with Gasteiger partial charge < -0.3 is 9.32 Å². The van der Waals surface area contributed by atoms with Crippen molar-refractivity contribution in [3.05, 3.63) is 64.1 Å². The van der Waals surface area contributed by atoms with E-state index in [4.69, 9.17) is 16.0 Å². The number of carbonyl (C=O) groups excluding carboxylic acids is 1. The van der Waals surface area contributed by atoms with E-state index in [2.05, 4.69) is 0 Å². The first-order valence-electron chi connectivity index (χ1n) is 8.22. The second-order valence-corrected chi connectivity index (χ2v) is 9.01. The van der Waals surface area contributed by atoms with Crippen LogP contribution in [0.1, 0.15) is 0 Å². The largest absolute Gasteiger partial charge is 0.420 e. The fourth-order valence-corrected chi connectivity index (χ4v) is 4.83. The first kappa shape index (κ1) is 17.8. The number of fused-ring (bicyclic) bond motifs is 1. The molecule has 2 heterocycles. The molecule has 1 saturated heterocycles. The minimum atomic E-state index is -3.53. The van der Waals surface area contributed by atoms with Crippen LogP contribution in [0.2, 0.25) is 5.02 Å². The summed E-state index contributed by atoms with van der Waals surface area (Å²) in [5, 5.41) is -0.211. The molecule has 1 fully saturated rings. The molecular formula is C18H15ClN2O5S. The van der Waals surface area contributed by atoms with E-state index >= 15 is 0 Å². The van der Waals surface area contributed by atoms with Crippen molar-refractivity contribution >= 4 is 38.4 Å². The van der Waals surface area contributed by atoms with Crippen LogP contribution in [0.4, 0.5) is 0 Å². The van der Waals surface area contributed by atoms with Crippen LogP contribution in [0.3, 0.4) is 0 Å². The number of amides is 1. The van der Waals surface area contributed by atoms with Gasteiger partial charge in [-0.1, -0.05) is 23.7 Å². The molecule has 140 valence electrons. The van der Waals surface area contributed by atoms with Crippen LogP contribution in [-0.4, -0.2) is 42.1 Å². The molecule has 1 amide bonds. The molecule has 1 aromatic heterocycles. The van der Waals surface area contributed by atoms with Gasteiger partial charge in [0.05, 0.1) is 10.4 Å². The van der Waals surface area contributed by atoms with Gasteiger partial charge in [0.2, 0.25) is 5.91 Å². The summed E-state index contributed by atoms with van der Waals surface area (Å²) in [6.07, 6.45) is 0. The van der Waals surface area contributed by atoms with E-state index in [0.717, 1.165) is 0 Å². The number of rotatable bonds is 4. The van der Waals surface area contributed by atoms with Crippen molar-refractivity contribution in [3.8, 4) is 0 Å². The molecule has 0 aliphatic carbocycles. The second kappa shape index (κ2) is 6.54. The summed E-state index contributed by atoms with van der Waals surface area (Å²) < 4.78 is 31.5. The number of benzene rings is 2. The molecule has 0 atom stereocenters. The normalized spacial score (nSPS) is 15.1. The van der Waals surface area contributed by atoms with Crippen molar-refractivity contribution in [2.24, 2.45) is 0 Å². The first-order chi connectivity index (χ1) is 12.9. The SMILES string of the molecule is O=C(Cn1c(=O)oc2ccccc21)N1CC(S(=O)(=O)c2ccc(Cl)cc2)C1. The van der Waals surface area contributed by atoms with Gasteiger partial charge in [0, 0.05) is 18.1 Å². The number of para-hydroxylation sites is 2. The third-order valence-corrected chi connectivity index (χ3v) is 7.01. The van der Waals surface area contributed by atoms with Crippen LogP contribution in [0.15, 0.2) is 62.6 Å². The Morgan fingerprint density at radius 3 is 2.48 bits per heavy atom. The average Bonchev–Trinajstić information content (AvgIpc) is 2.89. The summed E-state index contributed by atoms with van der Waals surface area (Å²) in [5.41, 5.74) is 0.934. The molecule has 1 aliphatic heterocycles. The van der Waals surface area contributed by atoms with E-state index in [1.54, 1.807) is 24.3 Å². The number of halogens is 1. The van der Waals surface area contributed by atoms with Crippen LogP contribution in [0.5, 0.6) is 0 Å². The van der Waals surface area contributed by atoms with Gasteiger partial charge in [0.15, 0.2) is 15.4 Å². The van der Waals surface area contributed by atoms with E-state index in [9.17, 15) is 18.0 Å². The standard InChI is InChI=1S/C18H15ClN2O5S/c19-12-5-7-13(8-6-12)27(24,25)14-9-20(10-14)17(22)11-21-15-3-1-2-4-16(15)26-18(21)23/h1-8,14H,9-11H2. The zero-order chi connectivity index (χ0) is 19.2. The topological polar surface area (TPSA) is 89.6 Å². The van der Waals surface area contributed by atoms with Crippen molar-refractivity contribution in [3.63, 3.8) is 0 Å². The molecule has 4 rings (SSSR count). The summed E-state index contributed by atoms with van der Waals surface area (Å²) in [6, 6.07) is 12.8. The van der Waals surface area contributed by atoms with Crippen molar-refractivity contribution in [2.75, 3.05) is 13.1 Å². The Hall–Kier alpha value is -2.58. The van der Waals surface area contributed by atoms with Gasteiger partial charge in [-0.15, -0.1) is 0 Å². The van der Waals surface area contributed by atoms with Crippen molar-refractivity contribution < 1.29 is 17.6 Å². The van der Waals surface area contributed by atoms with E-state index in [0.29, 0.717) is 16.1 Å². The van der Waals surface area contributed by atoms with Gasteiger partial charge >= 0.3 is 5.76 Å². The highest BCUT2D eigenvalue weighted by Gasteiger charge is 2.40. The Bertz CT molecular complexity index is 1170. The maximum atomic E-state index is 12.6. The van der Waals surface area contributed by atoms with Gasteiger partial charge in [0.1, 0.15) is 11.8 Å². The summed E-state index contributed by atoms with van der Waals surface area (Å²) in [7, 11) is -3.53. The Labute approximate surface area is 159 Å². The van der Waals surface area contributed by atoms with E-state index < -0.39 is 20.8 Å². The Morgan fingerprint density at radius 2 is 1.78 bits per heavy atom. The Morgan fingerprint density at radius 1 is 1.11 bits per heavy atom. The number of likely N-dealkylation sites (tertiary alicyclic amines) is 1. The van der Waals surface area contributed by atoms with Crippen LogP contribution in [0.25, 0.3) is 11.1 Å². The molecule has 1 aliphatic rings. The number of hydrogen-bond donors (Lipinski definition) is 0. The first-order valence-corrected chi connectivity index (χ1v) is 10.1. The van der Waals surface area contributed by atoms with Crippen LogP contribution in [0, 0.1) is 0 Å². The van der Waals surface area contributed by atoms with Gasteiger partial charge in [-0.25, -0.2) is 13.2 Å². The molecular weight excluding hydrogens is 392 g/mol. The molecule has 27 heavy (non-hydrogen) atoms. The van der Waals surface area contributed by atoms with Gasteiger partial charge in [-0.2, -0.15) is 0 Å². The van der Waals surface area contributed by atoms with E-state index in [1.165, 1.54) is 33.7 Å². The molecule has 0 bridgehead atoms. The maximum absolute atomic E-state index is 12.6. The monoisotopic (exact) mass is 406 g/mol.